The van der Waals surface area contributed by atoms with Crippen LogP contribution in [0.25, 0.3) is 0 Å². The maximum Gasteiger partial charge on any atom is 0.0512 e. The van der Waals surface area contributed by atoms with Gasteiger partial charge in [-0.15, -0.1) is 11.3 Å². The molecule has 0 amide bonds. The molecule has 1 heterocycles. The van der Waals surface area contributed by atoms with E-state index in [0.29, 0.717) is 6.04 Å². The maximum atomic E-state index is 3.62. The smallest absolute Gasteiger partial charge is 0.0512 e. The van der Waals surface area contributed by atoms with E-state index < -0.39 is 0 Å². The highest BCUT2D eigenvalue weighted by atomic mass is 32.1. The predicted octanol–water partition coefficient (Wildman–Crippen LogP) is 3.97. The largest absolute Gasteiger partial charge is 0.311 e. The molecule has 19 heavy (non-hydrogen) atoms. The zero-order valence-electron chi connectivity index (χ0n) is 12.8. The van der Waals surface area contributed by atoms with Gasteiger partial charge in [-0.25, -0.2) is 0 Å². The summed E-state index contributed by atoms with van der Waals surface area (Å²) in [5, 5.41) is 5.96. The third kappa shape index (κ3) is 3.04. The average molecular weight is 280 g/mol. The summed E-state index contributed by atoms with van der Waals surface area (Å²) in [5.74, 6) is 0. The topological polar surface area (TPSA) is 15.3 Å². The molecule has 1 aliphatic carbocycles. The van der Waals surface area contributed by atoms with Gasteiger partial charge in [0.2, 0.25) is 0 Å². The Labute approximate surface area is 122 Å². The Morgan fingerprint density at radius 1 is 1.21 bits per heavy atom. The van der Waals surface area contributed by atoms with E-state index in [9.17, 15) is 0 Å². The van der Waals surface area contributed by atoms with Crippen LogP contribution in [-0.2, 0) is 0 Å². The molecule has 0 aromatic carbocycles. The van der Waals surface area contributed by atoms with Crippen LogP contribution in [0.2, 0.25) is 0 Å². The fourth-order valence-corrected chi connectivity index (χ4v) is 4.43. The number of hydrogen-bond acceptors (Lipinski definition) is 3. The van der Waals surface area contributed by atoms with Crippen molar-refractivity contribution in [2.75, 3.05) is 21.1 Å². The first-order chi connectivity index (χ1) is 9.10. The zero-order chi connectivity index (χ0) is 13.9. The Morgan fingerprint density at radius 3 is 2.26 bits per heavy atom. The number of likely N-dealkylation sites (N-methyl/N-ethyl adjacent to an activating group) is 2. The van der Waals surface area contributed by atoms with Gasteiger partial charge in [0.25, 0.3) is 0 Å². The number of nitrogens with one attached hydrogen (secondary N) is 1. The molecule has 0 saturated heterocycles. The average Bonchev–Trinajstić information content (AvgIpc) is 2.66. The number of hydrogen-bond donors (Lipinski definition) is 1. The standard InChI is InChI=1S/C16H28N2S/c1-13-11-14(12-19-13)15(17-2)16(18(3)4)9-7-5-6-8-10-16/h11-12,15,17H,5-10H2,1-4H3. The van der Waals surface area contributed by atoms with E-state index in [4.69, 9.17) is 0 Å². The van der Waals surface area contributed by atoms with Gasteiger partial charge in [0.1, 0.15) is 0 Å². The van der Waals surface area contributed by atoms with Gasteiger partial charge in [-0.2, -0.15) is 0 Å². The van der Waals surface area contributed by atoms with Crippen LogP contribution in [0.4, 0.5) is 0 Å². The normalized spacial score (nSPS) is 21.3. The molecular weight excluding hydrogens is 252 g/mol. The van der Waals surface area contributed by atoms with Gasteiger partial charge in [0, 0.05) is 10.4 Å². The molecule has 3 heteroatoms. The van der Waals surface area contributed by atoms with E-state index in [1.54, 1.807) is 0 Å². The first kappa shape index (κ1) is 15.0. The Morgan fingerprint density at radius 2 is 1.84 bits per heavy atom. The highest BCUT2D eigenvalue weighted by Crippen LogP contribution is 2.41. The van der Waals surface area contributed by atoms with Crippen LogP contribution in [0.3, 0.4) is 0 Å². The van der Waals surface area contributed by atoms with E-state index in [-0.39, 0.29) is 5.54 Å². The Balaban J connectivity index is 2.34. The third-order valence-electron chi connectivity index (χ3n) is 4.77. The van der Waals surface area contributed by atoms with E-state index >= 15 is 0 Å². The van der Waals surface area contributed by atoms with Crippen molar-refractivity contribution in [1.82, 2.24) is 10.2 Å². The lowest BCUT2D eigenvalue weighted by Crippen LogP contribution is -2.52. The van der Waals surface area contributed by atoms with Crippen molar-refractivity contribution in [3.8, 4) is 0 Å². The lowest BCUT2D eigenvalue weighted by Gasteiger charge is -2.45. The highest BCUT2D eigenvalue weighted by Gasteiger charge is 2.41. The first-order valence-electron chi connectivity index (χ1n) is 7.50. The van der Waals surface area contributed by atoms with E-state index in [0.717, 1.165) is 0 Å². The molecule has 1 fully saturated rings. The van der Waals surface area contributed by atoms with Gasteiger partial charge >= 0.3 is 0 Å². The molecule has 1 atom stereocenters. The van der Waals surface area contributed by atoms with Gasteiger partial charge in [-0.3, -0.25) is 0 Å². The quantitative estimate of drug-likeness (QED) is 0.840. The molecule has 0 spiro atoms. The fourth-order valence-electron chi connectivity index (χ4n) is 3.70. The second kappa shape index (κ2) is 6.38. The lowest BCUT2D eigenvalue weighted by atomic mass is 9.78. The molecule has 0 aliphatic heterocycles. The summed E-state index contributed by atoms with van der Waals surface area (Å²) in [6, 6.07) is 2.81. The molecular formula is C16H28N2S. The fraction of sp³-hybridized carbons (Fsp3) is 0.750. The van der Waals surface area contributed by atoms with Crippen LogP contribution in [-0.4, -0.2) is 31.6 Å². The Kier molecular flexibility index (Phi) is 5.04. The van der Waals surface area contributed by atoms with Crippen molar-refractivity contribution in [1.29, 1.82) is 0 Å². The number of rotatable bonds is 4. The summed E-state index contributed by atoms with van der Waals surface area (Å²) in [5.41, 5.74) is 1.75. The molecule has 0 bridgehead atoms. The molecule has 1 aliphatic rings. The van der Waals surface area contributed by atoms with Crippen molar-refractivity contribution in [3.05, 3.63) is 21.9 Å². The van der Waals surface area contributed by atoms with Crippen LogP contribution in [0.1, 0.15) is 55.0 Å². The van der Waals surface area contributed by atoms with Crippen molar-refractivity contribution < 1.29 is 0 Å². The summed E-state index contributed by atoms with van der Waals surface area (Å²) >= 11 is 1.87. The van der Waals surface area contributed by atoms with Gasteiger partial charge in [0.05, 0.1) is 6.04 Å². The predicted molar refractivity (Wildman–Crippen MR) is 85.0 cm³/mol. The van der Waals surface area contributed by atoms with Gasteiger partial charge in [-0.1, -0.05) is 25.7 Å². The van der Waals surface area contributed by atoms with E-state index in [2.05, 4.69) is 49.7 Å². The summed E-state index contributed by atoms with van der Waals surface area (Å²) in [6.07, 6.45) is 8.13. The summed E-state index contributed by atoms with van der Waals surface area (Å²) in [7, 11) is 6.64. The van der Waals surface area contributed by atoms with Crippen molar-refractivity contribution in [2.24, 2.45) is 0 Å². The monoisotopic (exact) mass is 280 g/mol. The first-order valence-corrected chi connectivity index (χ1v) is 8.38. The Hall–Kier alpha value is -0.380. The molecule has 2 rings (SSSR count). The van der Waals surface area contributed by atoms with Gasteiger partial charge in [0.15, 0.2) is 0 Å². The third-order valence-corrected chi connectivity index (χ3v) is 5.65. The van der Waals surface area contributed by atoms with Crippen LogP contribution in [0, 0.1) is 6.92 Å². The molecule has 1 N–H and O–H groups in total. The summed E-state index contributed by atoms with van der Waals surface area (Å²) < 4.78 is 0. The second-order valence-electron chi connectivity index (χ2n) is 6.12. The maximum absolute atomic E-state index is 3.62. The molecule has 1 aromatic rings. The Bertz CT molecular complexity index is 389. The molecule has 0 radical (unpaired) electrons. The molecule has 1 unspecified atom stereocenters. The molecule has 1 aromatic heterocycles. The minimum Gasteiger partial charge on any atom is -0.311 e. The van der Waals surface area contributed by atoms with Crippen molar-refractivity contribution in [3.63, 3.8) is 0 Å². The molecule has 108 valence electrons. The van der Waals surface area contributed by atoms with Crippen LogP contribution < -0.4 is 5.32 Å². The minimum absolute atomic E-state index is 0.277. The number of aryl methyl sites for hydroxylation is 1. The SMILES string of the molecule is CNC(c1csc(C)c1)C1(N(C)C)CCCCCC1. The molecule has 2 nitrogen and oxygen atoms in total. The second-order valence-corrected chi connectivity index (χ2v) is 7.24. The highest BCUT2D eigenvalue weighted by molar-refractivity contribution is 7.10. The van der Waals surface area contributed by atoms with Gasteiger partial charge in [-0.05, 0) is 57.9 Å². The van der Waals surface area contributed by atoms with Crippen molar-refractivity contribution in [2.45, 2.75) is 57.0 Å². The van der Waals surface area contributed by atoms with Crippen molar-refractivity contribution >= 4 is 11.3 Å². The van der Waals surface area contributed by atoms with Gasteiger partial charge < -0.3 is 10.2 Å². The molecule has 1 saturated carbocycles. The zero-order valence-corrected chi connectivity index (χ0v) is 13.6. The number of nitrogens with zero attached hydrogens (tertiary/aromatic N) is 1. The summed E-state index contributed by atoms with van der Waals surface area (Å²) in [6.45, 7) is 2.20. The summed E-state index contributed by atoms with van der Waals surface area (Å²) in [4.78, 5) is 3.89. The van der Waals surface area contributed by atoms with E-state index in [1.165, 1.54) is 49.0 Å². The lowest BCUT2D eigenvalue weighted by molar-refractivity contribution is 0.0836. The van der Waals surface area contributed by atoms with E-state index in [1.807, 2.05) is 11.3 Å². The van der Waals surface area contributed by atoms with Crippen LogP contribution in [0.15, 0.2) is 11.4 Å². The van der Waals surface area contributed by atoms with Crippen LogP contribution >= 0.6 is 11.3 Å². The minimum atomic E-state index is 0.277. The van der Waals surface area contributed by atoms with Crippen LogP contribution in [0.5, 0.6) is 0 Å². The number of thiophene rings is 1.